The van der Waals surface area contributed by atoms with Crippen LogP contribution in [0.15, 0.2) is 0 Å². The molecular formula is C24H40N2O2. The Balaban J connectivity index is 1.35. The van der Waals surface area contributed by atoms with Gasteiger partial charge < -0.3 is 10.6 Å². The Hall–Kier alpha value is -1.06. The third-order valence-corrected chi connectivity index (χ3v) is 8.01. The van der Waals surface area contributed by atoms with E-state index >= 15 is 0 Å². The number of rotatable bonds is 7. The van der Waals surface area contributed by atoms with E-state index in [1.807, 2.05) is 0 Å². The Kier molecular flexibility index (Phi) is 6.04. The maximum absolute atomic E-state index is 13.0. The van der Waals surface area contributed by atoms with Gasteiger partial charge in [-0.25, -0.2) is 0 Å². The number of hydrogen-bond acceptors (Lipinski definition) is 2. The molecule has 0 spiro atoms. The highest BCUT2D eigenvalue weighted by Crippen LogP contribution is 2.61. The van der Waals surface area contributed by atoms with E-state index in [9.17, 15) is 9.59 Å². The number of carbonyl (C=O) groups excluding carboxylic acids is 2. The van der Waals surface area contributed by atoms with E-state index in [-0.39, 0.29) is 23.3 Å². The standard InChI is InChI=1S/C24H40N2O2/c1-16(2)8-21(23(28)25-20-6-4-3-5-7-20)26-22(27)15-24-12-17-9-18(13-24)11-19(10-17)14-24/h16-21H,3-15H2,1-2H3,(H,25,28)(H,26,27)/t17?,18?,19?,21-,24?/m0/s1. The lowest BCUT2D eigenvalue weighted by Crippen LogP contribution is -2.52. The van der Waals surface area contributed by atoms with E-state index in [1.54, 1.807) is 0 Å². The van der Waals surface area contributed by atoms with Gasteiger partial charge in [-0.05, 0) is 86.9 Å². The highest BCUT2D eigenvalue weighted by atomic mass is 16.2. The lowest BCUT2D eigenvalue weighted by molar-refractivity contribution is -0.134. The summed E-state index contributed by atoms with van der Waals surface area (Å²) < 4.78 is 0. The Labute approximate surface area is 171 Å². The van der Waals surface area contributed by atoms with Crippen molar-refractivity contribution in [3.63, 3.8) is 0 Å². The first-order valence-electron chi connectivity index (χ1n) is 12.0. The smallest absolute Gasteiger partial charge is 0.242 e. The van der Waals surface area contributed by atoms with Gasteiger partial charge in [0.25, 0.3) is 0 Å². The lowest BCUT2D eigenvalue weighted by Gasteiger charge is -2.56. The molecule has 5 aliphatic carbocycles. The van der Waals surface area contributed by atoms with Crippen molar-refractivity contribution in [2.75, 3.05) is 0 Å². The fourth-order valence-corrected chi connectivity index (χ4v) is 7.34. The highest BCUT2D eigenvalue weighted by Gasteiger charge is 2.51. The van der Waals surface area contributed by atoms with Gasteiger partial charge in [-0.15, -0.1) is 0 Å². The first kappa shape index (κ1) is 20.2. The molecule has 5 aliphatic rings. The average molecular weight is 389 g/mol. The van der Waals surface area contributed by atoms with Crippen molar-refractivity contribution in [2.45, 2.75) is 109 Å². The molecule has 4 bridgehead atoms. The molecule has 5 rings (SSSR count). The van der Waals surface area contributed by atoms with E-state index in [4.69, 9.17) is 0 Å². The van der Waals surface area contributed by atoms with Crippen molar-refractivity contribution in [1.29, 1.82) is 0 Å². The van der Waals surface area contributed by atoms with Crippen molar-refractivity contribution < 1.29 is 9.59 Å². The van der Waals surface area contributed by atoms with Gasteiger partial charge in [0.15, 0.2) is 0 Å². The maximum Gasteiger partial charge on any atom is 0.242 e. The minimum Gasteiger partial charge on any atom is -0.352 e. The van der Waals surface area contributed by atoms with Crippen LogP contribution in [0.1, 0.15) is 97.3 Å². The molecule has 4 nitrogen and oxygen atoms in total. The maximum atomic E-state index is 13.0. The number of carbonyl (C=O) groups is 2. The zero-order valence-electron chi connectivity index (χ0n) is 18.0. The van der Waals surface area contributed by atoms with Gasteiger partial charge in [-0.3, -0.25) is 9.59 Å². The molecule has 158 valence electrons. The van der Waals surface area contributed by atoms with Crippen LogP contribution in [0.4, 0.5) is 0 Å². The van der Waals surface area contributed by atoms with E-state index in [1.165, 1.54) is 57.8 Å². The molecule has 5 saturated carbocycles. The molecule has 0 aliphatic heterocycles. The lowest BCUT2D eigenvalue weighted by atomic mass is 9.49. The van der Waals surface area contributed by atoms with Gasteiger partial charge in [0.05, 0.1) is 0 Å². The van der Waals surface area contributed by atoms with Gasteiger partial charge >= 0.3 is 0 Å². The second-order valence-electron chi connectivity index (χ2n) is 11.2. The molecule has 0 radical (unpaired) electrons. The predicted octanol–water partition coefficient (Wildman–Crippen LogP) is 4.57. The molecule has 0 unspecified atom stereocenters. The van der Waals surface area contributed by atoms with Crippen molar-refractivity contribution in [3.05, 3.63) is 0 Å². The van der Waals surface area contributed by atoms with Crippen LogP contribution < -0.4 is 10.6 Å². The molecule has 0 aromatic heterocycles. The second-order valence-corrected chi connectivity index (χ2v) is 11.2. The summed E-state index contributed by atoms with van der Waals surface area (Å²) in [6.07, 6.45) is 15.2. The van der Waals surface area contributed by atoms with Crippen LogP contribution >= 0.6 is 0 Å². The van der Waals surface area contributed by atoms with Crippen LogP contribution in [0.5, 0.6) is 0 Å². The average Bonchev–Trinajstić information content (AvgIpc) is 2.60. The van der Waals surface area contributed by atoms with Gasteiger partial charge in [0.2, 0.25) is 11.8 Å². The first-order valence-corrected chi connectivity index (χ1v) is 12.0. The first-order chi connectivity index (χ1) is 13.4. The van der Waals surface area contributed by atoms with Gasteiger partial charge in [0, 0.05) is 12.5 Å². The SMILES string of the molecule is CC(C)C[C@H](NC(=O)CC12CC3CC(CC(C3)C1)C2)C(=O)NC1CCCCC1. The number of nitrogens with one attached hydrogen (secondary N) is 2. The summed E-state index contributed by atoms with van der Waals surface area (Å²) in [4.78, 5) is 25.9. The summed E-state index contributed by atoms with van der Waals surface area (Å²) in [7, 11) is 0. The quantitative estimate of drug-likeness (QED) is 0.671. The fraction of sp³-hybridized carbons (Fsp3) is 0.917. The molecule has 1 atom stereocenters. The van der Waals surface area contributed by atoms with Crippen LogP contribution in [0.2, 0.25) is 0 Å². The van der Waals surface area contributed by atoms with Gasteiger partial charge in [-0.2, -0.15) is 0 Å². The van der Waals surface area contributed by atoms with E-state index in [0.29, 0.717) is 18.4 Å². The Morgan fingerprint density at radius 2 is 1.50 bits per heavy atom. The summed E-state index contributed by atoms with van der Waals surface area (Å²) in [6, 6.07) is -0.0701. The predicted molar refractivity (Wildman–Crippen MR) is 112 cm³/mol. The Bertz CT molecular complexity index is 544. The van der Waals surface area contributed by atoms with E-state index in [2.05, 4.69) is 24.5 Å². The molecule has 0 aromatic rings. The zero-order valence-corrected chi connectivity index (χ0v) is 18.0. The summed E-state index contributed by atoms with van der Waals surface area (Å²) in [5.74, 6) is 3.13. The molecule has 2 amide bonds. The van der Waals surface area contributed by atoms with Crippen LogP contribution in [-0.2, 0) is 9.59 Å². The van der Waals surface area contributed by atoms with Crippen molar-refractivity contribution >= 4 is 11.8 Å². The van der Waals surface area contributed by atoms with Gasteiger partial charge in [-0.1, -0.05) is 33.1 Å². The summed E-state index contributed by atoms with van der Waals surface area (Å²) in [5, 5.41) is 6.40. The molecule has 0 aromatic carbocycles. The normalized spacial score (nSPS) is 35.8. The molecule has 0 saturated heterocycles. The Morgan fingerprint density at radius 3 is 2.04 bits per heavy atom. The number of hydrogen-bond donors (Lipinski definition) is 2. The van der Waals surface area contributed by atoms with Gasteiger partial charge in [0.1, 0.15) is 6.04 Å². The largest absolute Gasteiger partial charge is 0.352 e. The van der Waals surface area contributed by atoms with Crippen molar-refractivity contribution in [3.8, 4) is 0 Å². The molecule has 4 heteroatoms. The van der Waals surface area contributed by atoms with Crippen molar-refractivity contribution in [1.82, 2.24) is 10.6 Å². The van der Waals surface area contributed by atoms with Crippen LogP contribution in [0.3, 0.4) is 0 Å². The van der Waals surface area contributed by atoms with Crippen molar-refractivity contribution in [2.24, 2.45) is 29.1 Å². The topological polar surface area (TPSA) is 58.2 Å². The number of amides is 2. The monoisotopic (exact) mass is 388 g/mol. The molecular weight excluding hydrogens is 348 g/mol. The molecule has 5 fully saturated rings. The molecule has 0 heterocycles. The highest BCUT2D eigenvalue weighted by molar-refractivity contribution is 5.88. The van der Waals surface area contributed by atoms with Crippen LogP contribution in [0, 0.1) is 29.1 Å². The van der Waals surface area contributed by atoms with Crippen LogP contribution in [0.25, 0.3) is 0 Å². The Morgan fingerprint density at radius 1 is 0.929 bits per heavy atom. The van der Waals surface area contributed by atoms with E-state index in [0.717, 1.165) is 37.0 Å². The van der Waals surface area contributed by atoms with E-state index < -0.39 is 0 Å². The van der Waals surface area contributed by atoms with Crippen LogP contribution in [-0.4, -0.2) is 23.9 Å². The summed E-state index contributed by atoms with van der Waals surface area (Å²) >= 11 is 0. The minimum absolute atomic E-state index is 0.0412. The summed E-state index contributed by atoms with van der Waals surface area (Å²) in [6.45, 7) is 4.26. The summed E-state index contributed by atoms with van der Waals surface area (Å²) in [5.41, 5.74) is 0.237. The second kappa shape index (κ2) is 8.36. The molecule has 28 heavy (non-hydrogen) atoms. The third-order valence-electron chi connectivity index (χ3n) is 8.01. The molecule has 2 N–H and O–H groups in total. The minimum atomic E-state index is -0.372. The zero-order chi connectivity index (χ0) is 19.7. The fourth-order valence-electron chi connectivity index (χ4n) is 7.34. The third kappa shape index (κ3) is 4.74.